The van der Waals surface area contributed by atoms with E-state index in [0.717, 1.165) is 28.8 Å². The highest BCUT2D eigenvalue weighted by molar-refractivity contribution is 7.16. The molecule has 0 N–H and O–H groups in total. The molecule has 0 fully saturated rings. The summed E-state index contributed by atoms with van der Waals surface area (Å²) in [5.74, 6) is 0. The minimum absolute atomic E-state index is 0.0301. The van der Waals surface area contributed by atoms with Crippen molar-refractivity contribution in [2.75, 3.05) is 132 Å². The molecule has 56 heavy (non-hydrogen) atoms. The van der Waals surface area contributed by atoms with Crippen molar-refractivity contribution in [3.63, 3.8) is 0 Å². The number of nitriles is 2. The molecule has 314 valence electrons. The number of aryl methyl sites for hydroxylation is 1. The standard InChI is InChI=1S/C41H68N7O7S/c1-31(2)54-29-36(52-22-20-50-17-15-48(9,10)11)27-47(28-37(30-55-32(3)4)53-23-21-51-19-18-49-16-14-46(7)8)35-12-13-39(33(5)24-35)44-45-41-38(25-42)34(6)40(26-43)56-41/h12-13,24,31-32,36-37H,14-23,27-30H2,1-11H3/q+1. The third-order valence-corrected chi connectivity index (χ3v) is 9.42. The molecule has 1 heterocycles. The molecule has 2 unspecified atom stereocenters. The molecule has 0 amide bonds. The predicted molar refractivity (Wildman–Crippen MR) is 222 cm³/mol. The van der Waals surface area contributed by atoms with Crippen LogP contribution in [0.25, 0.3) is 0 Å². The van der Waals surface area contributed by atoms with Crippen molar-refractivity contribution in [2.24, 2.45) is 10.2 Å². The topological polar surface area (TPSA) is 143 Å². The number of hydrogen-bond donors (Lipinski definition) is 0. The van der Waals surface area contributed by atoms with Crippen molar-refractivity contribution >= 4 is 27.7 Å². The van der Waals surface area contributed by atoms with Crippen molar-refractivity contribution in [3.05, 3.63) is 39.8 Å². The van der Waals surface area contributed by atoms with Gasteiger partial charge in [-0.1, -0.05) is 0 Å². The van der Waals surface area contributed by atoms with Crippen LogP contribution < -0.4 is 4.90 Å². The largest absolute Gasteiger partial charge is 0.378 e. The van der Waals surface area contributed by atoms with Crippen molar-refractivity contribution in [1.29, 1.82) is 10.5 Å². The first-order chi connectivity index (χ1) is 26.6. The Morgan fingerprint density at radius 2 is 1.29 bits per heavy atom. The van der Waals surface area contributed by atoms with E-state index < -0.39 is 0 Å². The van der Waals surface area contributed by atoms with Crippen LogP contribution in [0.3, 0.4) is 0 Å². The van der Waals surface area contributed by atoms with Crippen molar-refractivity contribution in [3.8, 4) is 12.1 Å². The smallest absolute Gasteiger partial charge is 0.158 e. The third-order valence-electron chi connectivity index (χ3n) is 8.34. The molecule has 14 nitrogen and oxygen atoms in total. The van der Waals surface area contributed by atoms with Crippen LogP contribution in [0.5, 0.6) is 0 Å². The number of benzene rings is 1. The zero-order valence-electron chi connectivity index (χ0n) is 35.8. The third kappa shape index (κ3) is 20.4. The molecule has 0 aliphatic heterocycles. The van der Waals surface area contributed by atoms with Gasteiger partial charge in [-0.3, -0.25) is 0 Å². The van der Waals surface area contributed by atoms with E-state index in [4.69, 9.17) is 33.2 Å². The van der Waals surface area contributed by atoms with Gasteiger partial charge in [-0.05, 0) is 85.0 Å². The molecule has 0 spiro atoms. The Hall–Kier alpha value is -3.06. The lowest BCUT2D eigenvalue weighted by atomic mass is 10.1. The van der Waals surface area contributed by atoms with Gasteiger partial charge < -0.3 is 47.4 Å². The molecule has 0 bridgehead atoms. The molecule has 0 saturated carbocycles. The molecule has 1 aromatic heterocycles. The fraction of sp³-hybridized carbons (Fsp3) is 0.707. The number of rotatable bonds is 30. The Labute approximate surface area is 340 Å². The molecule has 0 aliphatic carbocycles. The summed E-state index contributed by atoms with van der Waals surface area (Å²) in [6.45, 7) is 19.5. The molecule has 15 heteroatoms. The van der Waals surface area contributed by atoms with Gasteiger partial charge in [0.25, 0.3) is 0 Å². The fourth-order valence-corrected chi connectivity index (χ4v) is 5.97. The van der Waals surface area contributed by atoms with E-state index in [2.05, 4.69) is 59.4 Å². The number of likely N-dealkylation sites (N-methyl/N-ethyl adjacent to an activating group) is 2. The van der Waals surface area contributed by atoms with E-state index in [-0.39, 0.29) is 24.4 Å². The second kappa shape index (κ2) is 26.8. The van der Waals surface area contributed by atoms with E-state index in [1.165, 1.54) is 11.3 Å². The quantitative estimate of drug-likeness (QED) is 0.0501. The molecule has 2 aromatic rings. The lowest BCUT2D eigenvalue weighted by molar-refractivity contribution is -0.870. The van der Waals surface area contributed by atoms with Crippen LogP contribution >= 0.6 is 11.3 Å². The number of quaternary nitrogens is 1. The van der Waals surface area contributed by atoms with Crippen molar-refractivity contribution in [2.45, 2.75) is 66.0 Å². The Morgan fingerprint density at radius 3 is 1.79 bits per heavy atom. The number of nitrogens with zero attached hydrogens (tertiary/aromatic N) is 7. The van der Waals surface area contributed by atoms with Gasteiger partial charge in [-0.2, -0.15) is 10.5 Å². The zero-order valence-corrected chi connectivity index (χ0v) is 36.7. The van der Waals surface area contributed by atoms with Crippen LogP contribution in [0.15, 0.2) is 28.4 Å². The van der Waals surface area contributed by atoms with Gasteiger partial charge in [0.05, 0.1) is 123 Å². The summed E-state index contributed by atoms with van der Waals surface area (Å²) in [4.78, 5) is 4.78. The van der Waals surface area contributed by atoms with Gasteiger partial charge in [0.1, 0.15) is 23.6 Å². The molecule has 0 aliphatic rings. The fourth-order valence-electron chi connectivity index (χ4n) is 5.10. The van der Waals surface area contributed by atoms with Gasteiger partial charge in [-0.15, -0.1) is 21.6 Å². The van der Waals surface area contributed by atoms with E-state index in [1.807, 2.05) is 60.8 Å². The Morgan fingerprint density at radius 1 is 0.732 bits per heavy atom. The first-order valence-electron chi connectivity index (χ1n) is 19.5. The number of azo groups is 1. The maximum absolute atomic E-state index is 9.68. The summed E-state index contributed by atoms with van der Waals surface area (Å²) in [6.07, 6.45) is -0.470. The summed E-state index contributed by atoms with van der Waals surface area (Å²) in [6, 6.07) is 10.3. The molecule has 2 atom stereocenters. The van der Waals surface area contributed by atoms with Crippen LogP contribution in [-0.2, 0) is 33.2 Å². The maximum Gasteiger partial charge on any atom is 0.158 e. The monoisotopic (exact) mass is 802 g/mol. The molecular weight excluding hydrogens is 735 g/mol. The minimum atomic E-state index is -0.275. The van der Waals surface area contributed by atoms with E-state index >= 15 is 0 Å². The summed E-state index contributed by atoms with van der Waals surface area (Å²) < 4.78 is 43.2. The molecule has 0 radical (unpaired) electrons. The van der Waals surface area contributed by atoms with Crippen LogP contribution in [0.4, 0.5) is 16.4 Å². The molecule has 2 rings (SSSR count). The van der Waals surface area contributed by atoms with Crippen LogP contribution in [0.1, 0.15) is 49.3 Å². The second-order valence-corrected chi connectivity index (χ2v) is 16.4. The Kier molecular flexibility index (Phi) is 23.5. The molecule has 1 aromatic carbocycles. The van der Waals surface area contributed by atoms with Gasteiger partial charge in [0.15, 0.2) is 5.00 Å². The Balaban J connectivity index is 2.31. The molecular formula is C41H68N7O7S+. The van der Waals surface area contributed by atoms with E-state index in [9.17, 15) is 10.5 Å². The normalized spacial score (nSPS) is 13.2. The number of thiophene rings is 1. The number of anilines is 1. The Bertz CT molecular complexity index is 1520. The highest BCUT2D eigenvalue weighted by Gasteiger charge is 2.23. The highest BCUT2D eigenvalue weighted by atomic mass is 32.1. The highest BCUT2D eigenvalue weighted by Crippen LogP contribution is 2.36. The summed E-state index contributed by atoms with van der Waals surface area (Å²) >= 11 is 1.17. The minimum Gasteiger partial charge on any atom is -0.378 e. The zero-order chi connectivity index (χ0) is 41.5. The first kappa shape index (κ1) is 49.1. The lowest BCUT2D eigenvalue weighted by Crippen LogP contribution is -2.44. The van der Waals surface area contributed by atoms with Crippen LogP contribution in [0.2, 0.25) is 0 Å². The summed E-state index contributed by atoms with van der Waals surface area (Å²) in [5, 5.41) is 28.4. The van der Waals surface area contributed by atoms with Gasteiger partial charge >= 0.3 is 0 Å². The van der Waals surface area contributed by atoms with Gasteiger partial charge in [-0.25, -0.2) is 0 Å². The van der Waals surface area contributed by atoms with Gasteiger partial charge in [0, 0.05) is 25.3 Å². The summed E-state index contributed by atoms with van der Waals surface area (Å²) in [5.41, 5.74) is 3.49. The second-order valence-electron chi connectivity index (χ2n) is 15.4. The van der Waals surface area contributed by atoms with Crippen LogP contribution in [0, 0.1) is 36.5 Å². The molecule has 0 saturated heterocycles. The predicted octanol–water partition coefficient (Wildman–Crippen LogP) is 6.27. The summed E-state index contributed by atoms with van der Waals surface area (Å²) in [7, 11) is 10.5. The van der Waals surface area contributed by atoms with Crippen LogP contribution in [-0.4, -0.2) is 161 Å². The van der Waals surface area contributed by atoms with Crippen molar-refractivity contribution < 1.29 is 37.6 Å². The average Bonchev–Trinajstić information content (AvgIpc) is 3.45. The number of hydrogen-bond acceptors (Lipinski definition) is 14. The average molecular weight is 803 g/mol. The van der Waals surface area contributed by atoms with E-state index in [1.54, 1.807) is 6.92 Å². The van der Waals surface area contributed by atoms with Crippen molar-refractivity contribution in [1.82, 2.24) is 4.90 Å². The lowest BCUT2D eigenvalue weighted by Gasteiger charge is -2.33. The SMILES string of the molecule is Cc1cc(N(CC(COC(C)C)OCCOCCOCCN(C)C)CC(COC(C)C)OCCOCC[N+](C)(C)C)ccc1N=Nc1sc(C#N)c(C)c1C#N. The maximum atomic E-state index is 9.68. The van der Waals surface area contributed by atoms with Gasteiger partial charge in [0.2, 0.25) is 0 Å². The van der Waals surface area contributed by atoms with E-state index in [0.29, 0.717) is 106 Å². The first-order valence-corrected chi connectivity index (χ1v) is 20.3. The number of ether oxygens (including phenoxy) is 7.